The van der Waals surface area contributed by atoms with Crippen LogP contribution in [-0.4, -0.2) is 22.0 Å². The summed E-state index contributed by atoms with van der Waals surface area (Å²) in [5.41, 5.74) is 0.748. The molecule has 1 aliphatic rings. The Hall–Kier alpha value is -2.08. The van der Waals surface area contributed by atoms with E-state index in [0.29, 0.717) is 16.1 Å². The topological polar surface area (TPSA) is 74.2 Å². The number of aromatic nitrogens is 1. The summed E-state index contributed by atoms with van der Waals surface area (Å²) in [5.74, 6) is -0.652. The van der Waals surface area contributed by atoms with E-state index < -0.39 is 5.92 Å². The highest BCUT2D eigenvalue weighted by molar-refractivity contribution is 7.16. The van der Waals surface area contributed by atoms with Crippen molar-refractivity contribution in [2.75, 3.05) is 10.6 Å². The molecule has 1 amide bonds. The smallest absolute Gasteiger partial charge is 0.232 e. The van der Waals surface area contributed by atoms with Gasteiger partial charge in [0.05, 0.1) is 10.8 Å². The SMILES string of the molecule is CC(C(=O)Nc1ccccc1)c1sc(NC2CCCC2)nc1O. The molecule has 0 spiro atoms. The van der Waals surface area contributed by atoms with Crippen molar-refractivity contribution in [1.29, 1.82) is 0 Å². The van der Waals surface area contributed by atoms with Gasteiger partial charge >= 0.3 is 0 Å². The zero-order chi connectivity index (χ0) is 16.2. The number of anilines is 2. The Morgan fingerprint density at radius 3 is 2.70 bits per heavy atom. The van der Waals surface area contributed by atoms with Crippen molar-refractivity contribution in [2.45, 2.75) is 44.6 Å². The number of carbonyl (C=O) groups is 1. The van der Waals surface area contributed by atoms with E-state index in [4.69, 9.17) is 0 Å². The number of amides is 1. The minimum atomic E-state index is -0.452. The molecule has 1 heterocycles. The van der Waals surface area contributed by atoms with E-state index in [1.54, 1.807) is 6.92 Å². The van der Waals surface area contributed by atoms with Gasteiger partial charge in [-0.25, -0.2) is 0 Å². The summed E-state index contributed by atoms with van der Waals surface area (Å²) in [5, 5.41) is 17.0. The molecule has 1 atom stereocenters. The fourth-order valence-corrected chi connectivity index (χ4v) is 3.79. The highest BCUT2D eigenvalue weighted by atomic mass is 32.1. The molecule has 0 radical (unpaired) electrons. The Labute approximate surface area is 139 Å². The largest absolute Gasteiger partial charge is 0.492 e. The molecule has 1 aliphatic carbocycles. The molecule has 0 saturated heterocycles. The third-order valence-corrected chi connectivity index (χ3v) is 5.30. The number of hydrogen-bond donors (Lipinski definition) is 3. The number of nitrogens with one attached hydrogen (secondary N) is 2. The van der Waals surface area contributed by atoms with Crippen molar-refractivity contribution >= 4 is 28.1 Å². The third-order valence-electron chi connectivity index (χ3n) is 4.15. The van der Waals surface area contributed by atoms with Crippen LogP contribution in [-0.2, 0) is 4.79 Å². The third kappa shape index (κ3) is 3.82. The maximum absolute atomic E-state index is 12.4. The molecule has 0 aliphatic heterocycles. The second kappa shape index (κ2) is 7.00. The number of rotatable bonds is 5. The minimum Gasteiger partial charge on any atom is -0.492 e. The van der Waals surface area contributed by atoms with E-state index >= 15 is 0 Å². The van der Waals surface area contributed by atoms with Crippen LogP contribution in [0.5, 0.6) is 5.88 Å². The monoisotopic (exact) mass is 331 g/mol. The Bertz CT molecular complexity index is 666. The van der Waals surface area contributed by atoms with E-state index in [0.717, 1.165) is 18.5 Å². The molecule has 3 rings (SSSR count). The Morgan fingerprint density at radius 2 is 2.00 bits per heavy atom. The van der Waals surface area contributed by atoms with Crippen LogP contribution in [0.25, 0.3) is 0 Å². The number of nitrogens with zero attached hydrogens (tertiary/aromatic N) is 1. The maximum atomic E-state index is 12.4. The van der Waals surface area contributed by atoms with Crippen molar-refractivity contribution in [3.8, 4) is 5.88 Å². The van der Waals surface area contributed by atoms with Gasteiger partial charge in [0.1, 0.15) is 0 Å². The van der Waals surface area contributed by atoms with Crippen molar-refractivity contribution < 1.29 is 9.90 Å². The van der Waals surface area contributed by atoms with Crippen LogP contribution >= 0.6 is 11.3 Å². The highest BCUT2D eigenvalue weighted by Gasteiger charge is 2.24. The molecule has 1 unspecified atom stereocenters. The van der Waals surface area contributed by atoms with E-state index in [9.17, 15) is 9.90 Å². The molecule has 1 fully saturated rings. The van der Waals surface area contributed by atoms with Crippen molar-refractivity contribution in [3.63, 3.8) is 0 Å². The van der Waals surface area contributed by atoms with Gasteiger partial charge < -0.3 is 15.7 Å². The van der Waals surface area contributed by atoms with Crippen molar-refractivity contribution in [2.24, 2.45) is 0 Å². The lowest BCUT2D eigenvalue weighted by Gasteiger charge is -2.11. The van der Waals surface area contributed by atoms with Gasteiger partial charge in [-0.2, -0.15) is 4.98 Å². The quantitative estimate of drug-likeness (QED) is 0.775. The van der Waals surface area contributed by atoms with Gasteiger partial charge in [-0.3, -0.25) is 4.79 Å². The van der Waals surface area contributed by atoms with Gasteiger partial charge in [0.15, 0.2) is 5.13 Å². The van der Waals surface area contributed by atoms with Crippen LogP contribution in [0.3, 0.4) is 0 Å². The van der Waals surface area contributed by atoms with Crippen LogP contribution in [0.2, 0.25) is 0 Å². The lowest BCUT2D eigenvalue weighted by molar-refractivity contribution is -0.117. The molecule has 3 N–H and O–H groups in total. The van der Waals surface area contributed by atoms with Crippen LogP contribution in [0.1, 0.15) is 43.4 Å². The number of para-hydroxylation sites is 1. The average Bonchev–Trinajstić information content (AvgIpc) is 3.17. The zero-order valence-electron chi connectivity index (χ0n) is 13.1. The summed E-state index contributed by atoms with van der Waals surface area (Å²) < 4.78 is 0. The predicted molar refractivity (Wildman–Crippen MR) is 93.1 cm³/mol. The molecule has 1 saturated carbocycles. The molecular weight excluding hydrogens is 310 g/mol. The second-order valence-electron chi connectivity index (χ2n) is 5.91. The lowest BCUT2D eigenvalue weighted by Crippen LogP contribution is -2.18. The zero-order valence-corrected chi connectivity index (χ0v) is 13.9. The van der Waals surface area contributed by atoms with Crippen molar-refractivity contribution in [3.05, 3.63) is 35.2 Å². The Kier molecular flexibility index (Phi) is 4.81. The molecular formula is C17H21N3O2S. The first kappa shape index (κ1) is 15.8. The molecule has 2 aromatic rings. The molecule has 0 bridgehead atoms. The maximum Gasteiger partial charge on any atom is 0.232 e. The number of thiazole rings is 1. The highest BCUT2D eigenvalue weighted by Crippen LogP contribution is 2.36. The summed E-state index contributed by atoms with van der Waals surface area (Å²) in [4.78, 5) is 17.1. The van der Waals surface area contributed by atoms with Crippen LogP contribution in [0.15, 0.2) is 30.3 Å². The number of hydrogen-bond acceptors (Lipinski definition) is 5. The van der Waals surface area contributed by atoms with Gasteiger partial charge in [-0.05, 0) is 31.9 Å². The van der Waals surface area contributed by atoms with Crippen LogP contribution in [0, 0.1) is 0 Å². The van der Waals surface area contributed by atoms with E-state index in [-0.39, 0.29) is 11.8 Å². The molecule has 23 heavy (non-hydrogen) atoms. The van der Waals surface area contributed by atoms with E-state index in [1.165, 1.54) is 24.2 Å². The van der Waals surface area contributed by atoms with Gasteiger partial charge in [0.25, 0.3) is 0 Å². The molecule has 6 heteroatoms. The van der Waals surface area contributed by atoms with Crippen LogP contribution in [0.4, 0.5) is 10.8 Å². The van der Waals surface area contributed by atoms with Gasteiger partial charge in [-0.15, -0.1) is 0 Å². The summed E-state index contributed by atoms with van der Waals surface area (Å²) in [6.45, 7) is 1.78. The van der Waals surface area contributed by atoms with Crippen molar-refractivity contribution in [1.82, 2.24) is 4.98 Å². The lowest BCUT2D eigenvalue weighted by atomic mass is 10.1. The minimum absolute atomic E-state index is 0.0498. The normalized spacial score (nSPS) is 16.2. The summed E-state index contributed by atoms with van der Waals surface area (Å²) in [6, 6.07) is 9.74. The van der Waals surface area contributed by atoms with Gasteiger partial charge in [-0.1, -0.05) is 42.4 Å². The molecule has 122 valence electrons. The Balaban J connectivity index is 1.67. The average molecular weight is 331 g/mol. The van der Waals surface area contributed by atoms with E-state index in [2.05, 4.69) is 15.6 Å². The van der Waals surface area contributed by atoms with Gasteiger partial charge in [0.2, 0.25) is 11.8 Å². The first-order valence-corrected chi connectivity index (χ1v) is 8.77. The Morgan fingerprint density at radius 1 is 1.30 bits per heavy atom. The standard InChI is InChI=1S/C17H21N3O2S/c1-11(15(21)18-12-7-3-2-4-8-12)14-16(22)20-17(23-14)19-13-9-5-6-10-13/h2-4,7-8,11,13,22H,5-6,9-10H2,1H3,(H,18,21)(H,19,20). The first-order valence-electron chi connectivity index (χ1n) is 7.95. The number of aromatic hydroxyl groups is 1. The first-order chi connectivity index (χ1) is 11.1. The fourth-order valence-electron chi connectivity index (χ4n) is 2.80. The second-order valence-corrected chi connectivity index (χ2v) is 6.94. The summed E-state index contributed by atoms with van der Waals surface area (Å²) >= 11 is 1.36. The summed E-state index contributed by atoms with van der Waals surface area (Å²) in [6.07, 6.45) is 4.75. The van der Waals surface area contributed by atoms with Gasteiger partial charge in [0, 0.05) is 11.7 Å². The number of carbonyl (C=O) groups excluding carboxylic acids is 1. The van der Waals surface area contributed by atoms with E-state index in [1.807, 2.05) is 30.3 Å². The number of benzene rings is 1. The molecule has 1 aromatic carbocycles. The molecule has 5 nitrogen and oxygen atoms in total. The van der Waals surface area contributed by atoms with Crippen LogP contribution < -0.4 is 10.6 Å². The molecule has 1 aromatic heterocycles. The fraction of sp³-hybridized carbons (Fsp3) is 0.412. The summed E-state index contributed by atoms with van der Waals surface area (Å²) in [7, 11) is 0. The predicted octanol–water partition coefficient (Wildman–Crippen LogP) is 3.95.